The number of halogens is 1. The lowest BCUT2D eigenvalue weighted by Gasteiger charge is -2.26. The Bertz CT molecular complexity index is 1510. The van der Waals surface area contributed by atoms with E-state index in [1.807, 2.05) is 6.92 Å². The SMILES string of the molecule is Cc1ccc(S(=O)(=O)n2cc(-c3cc(C(=O)NCCN4CCOCC4)n[nH]3)c3cc(F)ccc32)cc1. The Morgan fingerprint density at radius 2 is 1.89 bits per heavy atom. The van der Waals surface area contributed by atoms with Crippen LogP contribution in [0.15, 0.2) is 59.6 Å². The molecule has 1 aliphatic heterocycles. The van der Waals surface area contributed by atoms with Gasteiger partial charge in [-0.3, -0.25) is 14.8 Å². The van der Waals surface area contributed by atoms with Gasteiger partial charge in [-0.25, -0.2) is 16.8 Å². The summed E-state index contributed by atoms with van der Waals surface area (Å²) in [6.07, 6.45) is 1.42. The van der Waals surface area contributed by atoms with Crippen molar-refractivity contribution in [1.29, 1.82) is 0 Å². The van der Waals surface area contributed by atoms with Crippen molar-refractivity contribution in [2.24, 2.45) is 0 Å². The zero-order chi connectivity index (χ0) is 25.3. The van der Waals surface area contributed by atoms with E-state index in [1.165, 1.54) is 42.6 Å². The average molecular weight is 512 g/mol. The first kappa shape index (κ1) is 24.2. The summed E-state index contributed by atoms with van der Waals surface area (Å²) in [5.74, 6) is -0.859. The van der Waals surface area contributed by atoms with Gasteiger partial charge in [0, 0.05) is 43.3 Å². The first-order valence-corrected chi connectivity index (χ1v) is 13.0. The molecule has 188 valence electrons. The average Bonchev–Trinajstić information content (AvgIpc) is 3.50. The highest BCUT2D eigenvalue weighted by atomic mass is 32.2. The van der Waals surface area contributed by atoms with Crippen molar-refractivity contribution >= 4 is 26.8 Å². The van der Waals surface area contributed by atoms with Crippen LogP contribution in [0, 0.1) is 12.7 Å². The Balaban J connectivity index is 1.43. The molecule has 3 heterocycles. The number of nitrogens with zero attached hydrogens (tertiary/aromatic N) is 3. The smallest absolute Gasteiger partial charge is 0.271 e. The summed E-state index contributed by atoms with van der Waals surface area (Å²) in [6.45, 7) is 6.06. The molecule has 0 bridgehead atoms. The van der Waals surface area contributed by atoms with Crippen molar-refractivity contribution in [2.45, 2.75) is 11.8 Å². The van der Waals surface area contributed by atoms with Crippen LogP contribution in [0.5, 0.6) is 0 Å². The molecule has 0 saturated carbocycles. The molecule has 2 aromatic heterocycles. The third-order valence-electron chi connectivity index (χ3n) is 6.23. The maximum atomic E-state index is 14.2. The van der Waals surface area contributed by atoms with Crippen LogP contribution in [0.2, 0.25) is 0 Å². The molecule has 1 aliphatic rings. The van der Waals surface area contributed by atoms with Crippen molar-refractivity contribution < 1.29 is 22.3 Å². The van der Waals surface area contributed by atoms with Crippen LogP contribution in [0.3, 0.4) is 0 Å². The van der Waals surface area contributed by atoms with Crippen LogP contribution in [0.1, 0.15) is 16.1 Å². The van der Waals surface area contributed by atoms with Gasteiger partial charge in [-0.2, -0.15) is 5.10 Å². The molecule has 0 atom stereocenters. The number of ether oxygens (including phenoxy) is 1. The number of rotatable bonds is 7. The third-order valence-corrected chi connectivity index (χ3v) is 7.92. The molecule has 4 aromatic rings. The number of hydrogen-bond acceptors (Lipinski definition) is 6. The number of morpholine rings is 1. The van der Waals surface area contributed by atoms with Gasteiger partial charge in [0.15, 0.2) is 5.69 Å². The van der Waals surface area contributed by atoms with Gasteiger partial charge >= 0.3 is 0 Å². The standard InChI is InChI=1S/C25H26FN5O4S/c1-17-2-5-19(6-3-17)36(33,34)31-16-21(20-14-18(26)4-7-24(20)31)22-15-23(29-28-22)25(32)27-8-9-30-10-12-35-13-11-30/h2-7,14-16H,8-13H2,1H3,(H,27,32)(H,28,29). The van der Waals surface area contributed by atoms with Crippen molar-refractivity contribution in [2.75, 3.05) is 39.4 Å². The molecule has 36 heavy (non-hydrogen) atoms. The topological polar surface area (TPSA) is 109 Å². The fourth-order valence-electron chi connectivity index (χ4n) is 4.23. The number of benzene rings is 2. The number of nitrogens with one attached hydrogen (secondary N) is 2. The molecule has 0 radical (unpaired) electrons. The van der Waals surface area contributed by atoms with Crippen molar-refractivity contribution in [1.82, 2.24) is 24.4 Å². The fraction of sp³-hybridized carbons (Fsp3) is 0.280. The summed E-state index contributed by atoms with van der Waals surface area (Å²) in [7, 11) is -3.95. The predicted molar refractivity (Wildman–Crippen MR) is 133 cm³/mol. The van der Waals surface area contributed by atoms with E-state index in [9.17, 15) is 17.6 Å². The molecule has 0 spiro atoms. The molecule has 2 N–H and O–H groups in total. The van der Waals surface area contributed by atoms with E-state index in [-0.39, 0.29) is 16.5 Å². The lowest BCUT2D eigenvalue weighted by Crippen LogP contribution is -2.41. The molecule has 1 fully saturated rings. The second-order valence-corrected chi connectivity index (χ2v) is 10.5. The summed E-state index contributed by atoms with van der Waals surface area (Å²) in [6, 6.07) is 12.0. The van der Waals surface area contributed by atoms with Crippen molar-refractivity contribution in [3.63, 3.8) is 0 Å². The van der Waals surface area contributed by atoms with Gasteiger partial charge < -0.3 is 10.1 Å². The number of aromatic amines is 1. The highest BCUT2D eigenvalue weighted by Gasteiger charge is 2.23. The van der Waals surface area contributed by atoms with E-state index >= 15 is 0 Å². The molecular weight excluding hydrogens is 485 g/mol. The van der Waals surface area contributed by atoms with Gasteiger partial charge in [0.05, 0.1) is 29.3 Å². The van der Waals surface area contributed by atoms with Gasteiger partial charge in [-0.15, -0.1) is 0 Å². The van der Waals surface area contributed by atoms with Crippen LogP contribution >= 0.6 is 0 Å². The van der Waals surface area contributed by atoms with E-state index in [2.05, 4.69) is 20.4 Å². The largest absolute Gasteiger partial charge is 0.379 e. The number of H-pyrrole nitrogens is 1. The summed E-state index contributed by atoms with van der Waals surface area (Å²) >= 11 is 0. The minimum absolute atomic E-state index is 0.117. The predicted octanol–water partition coefficient (Wildman–Crippen LogP) is 2.78. The van der Waals surface area contributed by atoms with E-state index in [0.29, 0.717) is 48.5 Å². The first-order valence-electron chi connectivity index (χ1n) is 11.6. The van der Waals surface area contributed by atoms with Gasteiger partial charge in [0.1, 0.15) is 5.82 Å². The number of carbonyl (C=O) groups is 1. The Kier molecular flexibility index (Phi) is 6.61. The van der Waals surface area contributed by atoms with E-state index in [0.717, 1.165) is 22.6 Å². The monoisotopic (exact) mass is 511 g/mol. The molecule has 5 rings (SSSR count). The number of aromatic nitrogens is 3. The summed E-state index contributed by atoms with van der Waals surface area (Å²) < 4.78 is 47.5. The van der Waals surface area contributed by atoms with E-state index < -0.39 is 15.8 Å². The number of carbonyl (C=O) groups excluding carboxylic acids is 1. The van der Waals surface area contributed by atoms with Crippen LogP contribution in [-0.2, 0) is 14.8 Å². The lowest BCUT2D eigenvalue weighted by atomic mass is 10.1. The minimum atomic E-state index is -3.95. The highest BCUT2D eigenvalue weighted by Crippen LogP contribution is 2.33. The summed E-state index contributed by atoms with van der Waals surface area (Å²) in [4.78, 5) is 15.0. The Labute approximate surface area is 207 Å². The molecule has 1 saturated heterocycles. The van der Waals surface area contributed by atoms with Crippen LogP contribution in [0.4, 0.5) is 4.39 Å². The quantitative estimate of drug-likeness (QED) is 0.395. The Hall–Kier alpha value is -3.54. The zero-order valence-electron chi connectivity index (χ0n) is 19.7. The number of aryl methyl sites for hydroxylation is 1. The third kappa shape index (κ3) is 4.77. The molecule has 2 aromatic carbocycles. The second kappa shape index (κ2) is 9.84. The van der Waals surface area contributed by atoms with Gasteiger partial charge in [-0.1, -0.05) is 17.7 Å². The van der Waals surface area contributed by atoms with Gasteiger partial charge in [0.2, 0.25) is 0 Å². The van der Waals surface area contributed by atoms with Crippen molar-refractivity contribution in [3.8, 4) is 11.3 Å². The van der Waals surface area contributed by atoms with Gasteiger partial charge in [0.25, 0.3) is 15.9 Å². The molecule has 9 nitrogen and oxygen atoms in total. The maximum absolute atomic E-state index is 14.2. The molecular formula is C25H26FN5O4S. The number of fused-ring (bicyclic) bond motifs is 1. The second-order valence-electron chi connectivity index (χ2n) is 8.69. The van der Waals surface area contributed by atoms with Crippen LogP contribution in [-0.4, -0.2) is 72.8 Å². The fourth-order valence-corrected chi connectivity index (χ4v) is 5.60. The molecule has 11 heteroatoms. The maximum Gasteiger partial charge on any atom is 0.271 e. The lowest BCUT2D eigenvalue weighted by molar-refractivity contribution is 0.0383. The minimum Gasteiger partial charge on any atom is -0.379 e. The highest BCUT2D eigenvalue weighted by molar-refractivity contribution is 7.90. The van der Waals surface area contributed by atoms with E-state index in [4.69, 9.17) is 4.74 Å². The number of amides is 1. The van der Waals surface area contributed by atoms with E-state index in [1.54, 1.807) is 12.1 Å². The molecule has 0 aliphatic carbocycles. The molecule has 1 amide bonds. The van der Waals surface area contributed by atoms with Crippen molar-refractivity contribution in [3.05, 3.63) is 71.8 Å². The Morgan fingerprint density at radius 3 is 2.64 bits per heavy atom. The zero-order valence-corrected chi connectivity index (χ0v) is 20.5. The normalized spacial score (nSPS) is 14.8. The summed E-state index contributed by atoms with van der Waals surface area (Å²) in [5, 5.41) is 10.1. The van der Waals surface area contributed by atoms with Crippen LogP contribution in [0.25, 0.3) is 22.2 Å². The number of hydrogen-bond donors (Lipinski definition) is 2. The summed E-state index contributed by atoms with van der Waals surface area (Å²) in [5.41, 5.74) is 2.23. The van der Waals surface area contributed by atoms with Gasteiger partial charge in [-0.05, 0) is 43.3 Å². The Morgan fingerprint density at radius 1 is 1.14 bits per heavy atom. The molecule has 0 unspecified atom stereocenters. The van der Waals surface area contributed by atoms with Crippen LogP contribution < -0.4 is 5.32 Å². The first-order chi connectivity index (χ1) is 17.3.